The fraction of sp³-hybridized carbons (Fsp3) is 1.00. The summed E-state index contributed by atoms with van der Waals surface area (Å²) in [4.78, 5) is 0. The van der Waals surface area contributed by atoms with Crippen LogP contribution in [-0.2, 0) is 3.10 Å². The Bertz CT molecular complexity index is 332. The first-order valence-electron chi connectivity index (χ1n) is 7.10. The Labute approximate surface area is 116 Å². The summed E-state index contributed by atoms with van der Waals surface area (Å²) in [6.45, 7) is 7.34. The van der Waals surface area contributed by atoms with Crippen molar-refractivity contribution < 1.29 is 3.10 Å². The van der Waals surface area contributed by atoms with Crippen LogP contribution < -0.4 is 0 Å². The molecule has 3 heteroatoms. The summed E-state index contributed by atoms with van der Waals surface area (Å²) >= 11 is 2.00. The zero-order chi connectivity index (χ0) is 12.3. The molecule has 1 spiro atoms. The monoisotopic (exact) mass is 418 g/mol. The van der Waals surface area contributed by atoms with E-state index < -0.39 is 16.4 Å². The van der Waals surface area contributed by atoms with E-state index in [2.05, 4.69) is 33.5 Å². The molecule has 4 atom stereocenters. The molecule has 0 aromatic heterocycles. The summed E-state index contributed by atoms with van der Waals surface area (Å²) in [7, 11) is 0. The predicted octanol–water partition coefficient (Wildman–Crippen LogP) is 4.85. The molecule has 2 saturated carbocycles. The van der Waals surface area contributed by atoms with Crippen LogP contribution in [0.5, 0.6) is 0 Å². The van der Waals surface area contributed by atoms with Crippen molar-refractivity contribution in [1.82, 2.24) is 0 Å². The molecule has 1 heterocycles. The Balaban J connectivity index is 1.83. The molecule has 100 valence electrons. The Hall–Kier alpha value is 1.23. The van der Waals surface area contributed by atoms with Gasteiger partial charge in [0, 0.05) is 0 Å². The molecule has 2 aliphatic carbocycles. The van der Waals surface area contributed by atoms with Crippen molar-refractivity contribution in [2.75, 3.05) is 0 Å². The normalized spacial score (nSPS) is 54.6. The third kappa shape index (κ3) is 1.72. The molecule has 0 amide bonds. The summed E-state index contributed by atoms with van der Waals surface area (Å²) in [5.74, 6) is 0.943. The van der Waals surface area contributed by atoms with Crippen molar-refractivity contribution in [3.05, 3.63) is 0 Å². The SMILES string of the molecule is CCCC[Te]1(Br)C[C@]23CC[C@H](C[C@H]2O1)C3(C)C. The Morgan fingerprint density at radius 3 is 2.76 bits per heavy atom. The molecule has 0 aromatic rings. The fourth-order valence-electron chi connectivity index (χ4n) is 4.58. The first-order chi connectivity index (χ1) is 7.94. The second kappa shape index (κ2) is 4.11. The molecular formula is C14H25BrOTe. The molecular weight excluding hydrogens is 392 g/mol. The number of hydrogen-bond donors (Lipinski definition) is 0. The molecule has 3 aliphatic rings. The van der Waals surface area contributed by atoms with E-state index in [1.54, 1.807) is 0 Å². The van der Waals surface area contributed by atoms with Gasteiger partial charge in [-0.1, -0.05) is 0 Å². The second-order valence-electron chi connectivity index (χ2n) is 6.86. The third-order valence-corrected chi connectivity index (χ3v) is 17.6. The van der Waals surface area contributed by atoms with E-state index in [1.165, 1.54) is 41.0 Å². The molecule has 1 aliphatic heterocycles. The van der Waals surface area contributed by atoms with E-state index in [0.29, 0.717) is 16.9 Å². The molecule has 2 bridgehead atoms. The standard InChI is InChI=1S/C14H25BrOTe/c1-4-5-8-17(15)10-14-7-6-11(13(14,2)3)9-12(14)16-17/h11-12H,4-10H2,1-3H3/t11-,12-,14-/m1/s1. The second-order valence-corrected chi connectivity index (χ2v) is 21.4. The Kier molecular flexibility index (Phi) is 3.20. The minimum atomic E-state index is -2.12. The Morgan fingerprint density at radius 1 is 1.41 bits per heavy atom. The van der Waals surface area contributed by atoms with Gasteiger partial charge in [-0.25, -0.2) is 0 Å². The topological polar surface area (TPSA) is 9.23 Å². The van der Waals surface area contributed by atoms with Gasteiger partial charge in [0.2, 0.25) is 0 Å². The van der Waals surface area contributed by atoms with Crippen molar-refractivity contribution >= 4 is 29.1 Å². The average molecular weight is 417 g/mol. The van der Waals surface area contributed by atoms with Crippen LogP contribution in [0.3, 0.4) is 0 Å². The van der Waals surface area contributed by atoms with Gasteiger partial charge >= 0.3 is 117 Å². The van der Waals surface area contributed by atoms with Gasteiger partial charge in [0.15, 0.2) is 0 Å². The maximum atomic E-state index is 6.64. The molecule has 0 aromatic carbocycles. The molecule has 1 saturated heterocycles. The molecule has 0 N–H and O–H groups in total. The van der Waals surface area contributed by atoms with E-state index in [1.807, 2.05) is 0 Å². The van der Waals surface area contributed by atoms with Crippen molar-refractivity contribution in [3.8, 4) is 0 Å². The summed E-state index contributed by atoms with van der Waals surface area (Å²) < 4.78 is 9.45. The number of fused-ring (bicyclic) bond motifs is 1. The van der Waals surface area contributed by atoms with Crippen LogP contribution in [0, 0.1) is 16.7 Å². The molecule has 3 fully saturated rings. The van der Waals surface area contributed by atoms with Gasteiger partial charge in [-0.3, -0.25) is 0 Å². The van der Waals surface area contributed by atoms with Gasteiger partial charge in [-0.15, -0.1) is 0 Å². The Morgan fingerprint density at radius 2 is 2.18 bits per heavy atom. The number of rotatable bonds is 3. The van der Waals surface area contributed by atoms with Crippen molar-refractivity contribution in [3.63, 3.8) is 0 Å². The van der Waals surface area contributed by atoms with Gasteiger partial charge < -0.3 is 0 Å². The molecule has 17 heavy (non-hydrogen) atoms. The van der Waals surface area contributed by atoms with Gasteiger partial charge in [-0.2, -0.15) is 0 Å². The van der Waals surface area contributed by atoms with Gasteiger partial charge in [0.05, 0.1) is 0 Å². The van der Waals surface area contributed by atoms with Crippen LogP contribution in [0.4, 0.5) is 0 Å². The summed E-state index contributed by atoms with van der Waals surface area (Å²) in [5, 5.41) is 0. The van der Waals surface area contributed by atoms with Crippen LogP contribution in [0.15, 0.2) is 0 Å². The molecule has 1 nitrogen and oxygen atoms in total. The molecule has 3 rings (SSSR count). The van der Waals surface area contributed by atoms with Crippen LogP contribution >= 0.6 is 12.8 Å². The summed E-state index contributed by atoms with van der Waals surface area (Å²) in [6, 6.07) is 0. The number of unbranched alkanes of at least 4 members (excludes halogenated alkanes) is 1. The zero-order valence-corrected chi connectivity index (χ0v) is 15.2. The molecule has 0 radical (unpaired) electrons. The first kappa shape index (κ1) is 13.2. The van der Waals surface area contributed by atoms with Crippen LogP contribution in [-0.4, -0.2) is 22.5 Å². The van der Waals surface area contributed by atoms with E-state index in [9.17, 15) is 0 Å². The first-order valence-corrected chi connectivity index (χ1v) is 16.6. The van der Waals surface area contributed by atoms with Gasteiger partial charge in [0.1, 0.15) is 0 Å². The predicted molar refractivity (Wildman–Crippen MR) is 77.6 cm³/mol. The summed E-state index contributed by atoms with van der Waals surface area (Å²) in [5.41, 5.74) is 1.11. The van der Waals surface area contributed by atoms with E-state index in [4.69, 9.17) is 3.10 Å². The van der Waals surface area contributed by atoms with Crippen LogP contribution in [0.2, 0.25) is 8.94 Å². The van der Waals surface area contributed by atoms with Crippen LogP contribution in [0.25, 0.3) is 0 Å². The third-order valence-electron chi connectivity index (χ3n) is 5.92. The number of hydrogen-bond acceptors (Lipinski definition) is 1. The fourth-order valence-corrected chi connectivity index (χ4v) is 19.2. The average Bonchev–Trinajstić information content (AvgIpc) is 2.76. The van der Waals surface area contributed by atoms with Gasteiger partial charge in [-0.05, 0) is 0 Å². The van der Waals surface area contributed by atoms with Gasteiger partial charge in [0.25, 0.3) is 0 Å². The van der Waals surface area contributed by atoms with Crippen molar-refractivity contribution in [1.29, 1.82) is 0 Å². The van der Waals surface area contributed by atoms with E-state index >= 15 is 0 Å². The molecule has 1 unspecified atom stereocenters. The quantitative estimate of drug-likeness (QED) is 0.598. The van der Waals surface area contributed by atoms with Crippen LogP contribution in [0.1, 0.15) is 52.9 Å². The van der Waals surface area contributed by atoms with E-state index in [-0.39, 0.29) is 0 Å². The minimum absolute atomic E-state index is 0.547. The maximum absolute atomic E-state index is 6.64. The summed E-state index contributed by atoms with van der Waals surface area (Å²) in [6.07, 6.45) is 7.56. The van der Waals surface area contributed by atoms with E-state index in [0.717, 1.165) is 5.92 Å². The van der Waals surface area contributed by atoms with Crippen molar-refractivity contribution in [2.24, 2.45) is 16.7 Å². The zero-order valence-electron chi connectivity index (χ0n) is 11.3. The number of halogens is 1. The van der Waals surface area contributed by atoms with Crippen molar-refractivity contribution in [2.45, 2.75) is 67.9 Å².